The molecular formula is C14H22N4O2. The lowest BCUT2D eigenvalue weighted by molar-refractivity contribution is -0.144. The Morgan fingerprint density at radius 1 is 1.35 bits per heavy atom. The molecule has 110 valence electrons. The first kappa shape index (κ1) is 14.9. The van der Waals surface area contributed by atoms with Crippen LogP contribution in [0.4, 0.5) is 0 Å². The first-order valence-corrected chi connectivity index (χ1v) is 7.14. The molecule has 0 aliphatic carbocycles. The van der Waals surface area contributed by atoms with E-state index in [0.29, 0.717) is 6.42 Å². The Labute approximate surface area is 119 Å². The van der Waals surface area contributed by atoms with E-state index in [1.807, 2.05) is 6.92 Å². The Hall–Kier alpha value is -1.53. The Balaban J connectivity index is 1.75. The quantitative estimate of drug-likeness (QED) is 0.817. The first-order valence-electron chi connectivity index (χ1n) is 7.14. The zero-order chi connectivity index (χ0) is 14.4. The number of carboxylic acids is 1. The molecule has 1 aromatic rings. The largest absolute Gasteiger partial charge is 0.480 e. The van der Waals surface area contributed by atoms with Crippen molar-refractivity contribution in [2.45, 2.75) is 25.8 Å². The zero-order valence-electron chi connectivity index (χ0n) is 11.9. The van der Waals surface area contributed by atoms with E-state index in [-0.39, 0.29) is 6.04 Å². The van der Waals surface area contributed by atoms with Gasteiger partial charge >= 0.3 is 5.97 Å². The average molecular weight is 278 g/mol. The van der Waals surface area contributed by atoms with Gasteiger partial charge in [0.25, 0.3) is 0 Å². The van der Waals surface area contributed by atoms with Gasteiger partial charge in [0, 0.05) is 57.7 Å². The number of nitrogens with zero attached hydrogens (tertiary/aromatic N) is 4. The van der Waals surface area contributed by atoms with E-state index >= 15 is 0 Å². The minimum absolute atomic E-state index is 0.336. The van der Waals surface area contributed by atoms with E-state index in [0.717, 1.165) is 44.8 Å². The molecule has 20 heavy (non-hydrogen) atoms. The van der Waals surface area contributed by atoms with Gasteiger partial charge in [0.05, 0.1) is 5.69 Å². The van der Waals surface area contributed by atoms with Crippen LogP contribution in [-0.2, 0) is 11.2 Å². The Morgan fingerprint density at radius 3 is 2.65 bits per heavy atom. The van der Waals surface area contributed by atoms with Crippen molar-refractivity contribution < 1.29 is 9.90 Å². The van der Waals surface area contributed by atoms with Crippen molar-refractivity contribution >= 4 is 5.97 Å². The van der Waals surface area contributed by atoms with E-state index in [1.54, 1.807) is 18.6 Å². The molecule has 6 nitrogen and oxygen atoms in total. The third kappa shape index (κ3) is 3.98. The van der Waals surface area contributed by atoms with E-state index in [4.69, 9.17) is 0 Å². The number of hydrogen-bond acceptors (Lipinski definition) is 5. The number of carbonyl (C=O) groups is 1. The van der Waals surface area contributed by atoms with Gasteiger partial charge in [-0.1, -0.05) is 6.92 Å². The second kappa shape index (κ2) is 7.31. The summed E-state index contributed by atoms with van der Waals surface area (Å²) in [5.74, 6) is -0.708. The summed E-state index contributed by atoms with van der Waals surface area (Å²) in [6, 6.07) is -0.336. The predicted molar refractivity (Wildman–Crippen MR) is 75.5 cm³/mol. The fourth-order valence-corrected chi connectivity index (χ4v) is 2.62. The fourth-order valence-electron chi connectivity index (χ4n) is 2.62. The number of carboxylic acid groups (broad SMARTS) is 1. The van der Waals surface area contributed by atoms with Gasteiger partial charge < -0.3 is 10.0 Å². The zero-order valence-corrected chi connectivity index (χ0v) is 11.9. The number of aromatic nitrogens is 2. The van der Waals surface area contributed by atoms with E-state index in [9.17, 15) is 9.90 Å². The summed E-state index contributed by atoms with van der Waals surface area (Å²) in [5.41, 5.74) is 1.01. The highest BCUT2D eigenvalue weighted by Gasteiger charge is 2.27. The summed E-state index contributed by atoms with van der Waals surface area (Å²) < 4.78 is 0. The maximum atomic E-state index is 11.2. The van der Waals surface area contributed by atoms with Gasteiger partial charge in [0.1, 0.15) is 6.04 Å². The molecule has 1 aromatic heterocycles. The Morgan fingerprint density at radius 2 is 2.10 bits per heavy atom. The molecule has 1 saturated heterocycles. The van der Waals surface area contributed by atoms with Crippen molar-refractivity contribution in [2.24, 2.45) is 0 Å². The Kier molecular flexibility index (Phi) is 5.43. The molecule has 0 spiro atoms. The van der Waals surface area contributed by atoms with Gasteiger partial charge in [-0.3, -0.25) is 19.7 Å². The molecule has 0 radical (unpaired) electrons. The van der Waals surface area contributed by atoms with Crippen LogP contribution in [0.5, 0.6) is 0 Å². The smallest absolute Gasteiger partial charge is 0.320 e. The molecule has 0 saturated carbocycles. The molecular weight excluding hydrogens is 256 g/mol. The van der Waals surface area contributed by atoms with Crippen LogP contribution in [0.25, 0.3) is 0 Å². The van der Waals surface area contributed by atoms with E-state index in [2.05, 4.69) is 19.8 Å². The molecule has 0 aromatic carbocycles. The normalized spacial score (nSPS) is 18.9. The molecule has 0 amide bonds. The van der Waals surface area contributed by atoms with Crippen molar-refractivity contribution in [1.29, 1.82) is 0 Å². The summed E-state index contributed by atoms with van der Waals surface area (Å²) in [6.07, 6.45) is 6.75. The highest BCUT2D eigenvalue weighted by atomic mass is 16.4. The number of aliphatic carboxylic acids is 1. The van der Waals surface area contributed by atoms with Crippen LogP contribution >= 0.6 is 0 Å². The summed E-state index contributed by atoms with van der Waals surface area (Å²) in [4.78, 5) is 23.9. The Bertz CT molecular complexity index is 418. The first-order chi connectivity index (χ1) is 9.70. The lowest BCUT2D eigenvalue weighted by atomic mass is 10.1. The monoisotopic (exact) mass is 278 g/mol. The van der Waals surface area contributed by atoms with Crippen LogP contribution < -0.4 is 0 Å². The summed E-state index contributed by atoms with van der Waals surface area (Å²) in [6.45, 7) is 6.38. The third-order valence-electron chi connectivity index (χ3n) is 3.82. The van der Waals surface area contributed by atoms with Gasteiger partial charge in [0.15, 0.2) is 0 Å². The molecule has 1 fully saturated rings. The maximum Gasteiger partial charge on any atom is 0.320 e. The summed E-state index contributed by atoms with van der Waals surface area (Å²) >= 11 is 0. The number of rotatable bonds is 6. The van der Waals surface area contributed by atoms with Gasteiger partial charge in [0.2, 0.25) is 0 Å². The molecule has 1 unspecified atom stereocenters. The van der Waals surface area contributed by atoms with Gasteiger partial charge in [-0.25, -0.2) is 0 Å². The standard InChI is InChI=1S/C14H22N4O2/c1-2-13(14(19)20)18-9-7-17(8-10-18)6-3-12-11-15-4-5-16-12/h4-5,11,13H,2-3,6-10H2,1H3,(H,19,20). The van der Waals surface area contributed by atoms with E-state index < -0.39 is 5.97 Å². The minimum Gasteiger partial charge on any atom is -0.480 e. The lowest BCUT2D eigenvalue weighted by Gasteiger charge is -2.37. The second-order valence-electron chi connectivity index (χ2n) is 5.09. The lowest BCUT2D eigenvalue weighted by Crippen LogP contribution is -2.52. The fraction of sp³-hybridized carbons (Fsp3) is 0.643. The van der Waals surface area contributed by atoms with Gasteiger partial charge in [-0.15, -0.1) is 0 Å². The maximum absolute atomic E-state index is 11.2. The van der Waals surface area contributed by atoms with Crippen LogP contribution in [0.2, 0.25) is 0 Å². The molecule has 1 atom stereocenters. The molecule has 0 bridgehead atoms. The molecule has 1 aliphatic heterocycles. The minimum atomic E-state index is -0.708. The van der Waals surface area contributed by atoms with Crippen molar-refractivity contribution in [3.63, 3.8) is 0 Å². The molecule has 2 rings (SSSR count). The SMILES string of the molecule is CCC(C(=O)O)N1CCN(CCc2cnccn2)CC1. The number of piperazine rings is 1. The van der Waals surface area contributed by atoms with Crippen LogP contribution in [0.15, 0.2) is 18.6 Å². The van der Waals surface area contributed by atoms with Gasteiger partial charge in [-0.05, 0) is 6.42 Å². The van der Waals surface area contributed by atoms with Gasteiger partial charge in [-0.2, -0.15) is 0 Å². The summed E-state index contributed by atoms with van der Waals surface area (Å²) in [7, 11) is 0. The van der Waals surface area contributed by atoms with E-state index in [1.165, 1.54) is 0 Å². The number of hydrogen-bond donors (Lipinski definition) is 1. The highest BCUT2D eigenvalue weighted by Crippen LogP contribution is 2.10. The predicted octanol–water partition coefficient (Wildman–Crippen LogP) is 0.500. The second-order valence-corrected chi connectivity index (χ2v) is 5.09. The molecule has 6 heteroatoms. The molecule has 2 heterocycles. The van der Waals surface area contributed by atoms with Crippen LogP contribution in [0.1, 0.15) is 19.0 Å². The third-order valence-corrected chi connectivity index (χ3v) is 3.82. The summed E-state index contributed by atoms with van der Waals surface area (Å²) in [5, 5.41) is 9.17. The molecule has 1 N–H and O–H groups in total. The van der Waals surface area contributed by atoms with Crippen molar-refractivity contribution in [3.05, 3.63) is 24.3 Å². The van der Waals surface area contributed by atoms with Crippen LogP contribution in [0, 0.1) is 0 Å². The molecule has 1 aliphatic rings. The van der Waals surface area contributed by atoms with Crippen molar-refractivity contribution in [3.8, 4) is 0 Å². The van der Waals surface area contributed by atoms with Crippen molar-refractivity contribution in [2.75, 3.05) is 32.7 Å². The topological polar surface area (TPSA) is 69.6 Å². The average Bonchev–Trinajstić information content (AvgIpc) is 2.48. The van der Waals surface area contributed by atoms with Crippen molar-refractivity contribution in [1.82, 2.24) is 19.8 Å². The van der Waals surface area contributed by atoms with Crippen LogP contribution in [-0.4, -0.2) is 69.6 Å². The highest BCUT2D eigenvalue weighted by molar-refractivity contribution is 5.73. The van der Waals surface area contributed by atoms with Crippen LogP contribution in [0.3, 0.4) is 0 Å².